The molecule has 0 aliphatic carbocycles. The number of ether oxygens (including phenoxy) is 1. The molecule has 1 aromatic heterocycles. The van der Waals surface area contributed by atoms with Crippen molar-refractivity contribution in [2.24, 2.45) is 0 Å². The first-order valence-electron chi connectivity index (χ1n) is 8.73. The largest absolute Gasteiger partial charge is 0.469 e. The number of anilines is 2. The number of rotatable bonds is 5. The highest BCUT2D eigenvalue weighted by Crippen LogP contribution is 2.30. The Balaban J connectivity index is 1.52. The summed E-state index contributed by atoms with van der Waals surface area (Å²) >= 11 is 0. The van der Waals surface area contributed by atoms with Gasteiger partial charge in [0.05, 0.1) is 19.1 Å². The summed E-state index contributed by atoms with van der Waals surface area (Å²) in [5.41, 5.74) is 2.57. The van der Waals surface area contributed by atoms with Crippen LogP contribution in [0.2, 0.25) is 0 Å². The third kappa shape index (κ3) is 4.36. The van der Waals surface area contributed by atoms with E-state index in [9.17, 15) is 9.59 Å². The normalized spacial score (nSPS) is 13.0. The van der Waals surface area contributed by atoms with Crippen LogP contribution in [0.3, 0.4) is 0 Å². The molecule has 0 spiro atoms. The second-order valence-corrected chi connectivity index (χ2v) is 6.13. The van der Waals surface area contributed by atoms with E-state index in [2.05, 4.69) is 10.6 Å². The maximum Gasteiger partial charge on any atom is 0.414 e. The SMILES string of the molecule is COC(=O)N1CCCc2cc(NC(=O)NCCCc3ccco3)ccc21. The van der Waals surface area contributed by atoms with E-state index in [-0.39, 0.29) is 12.1 Å². The van der Waals surface area contributed by atoms with E-state index in [4.69, 9.17) is 9.15 Å². The maximum atomic E-state index is 12.0. The Hall–Kier alpha value is -2.96. The molecule has 2 heterocycles. The van der Waals surface area contributed by atoms with Crippen molar-refractivity contribution in [3.63, 3.8) is 0 Å². The topological polar surface area (TPSA) is 83.8 Å². The van der Waals surface area contributed by atoms with E-state index in [1.165, 1.54) is 7.11 Å². The Bertz CT molecular complexity index is 758. The zero-order chi connectivity index (χ0) is 18.4. The number of methoxy groups -OCH3 is 1. The molecule has 0 radical (unpaired) electrons. The summed E-state index contributed by atoms with van der Waals surface area (Å²) in [6.45, 7) is 1.20. The van der Waals surface area contributed by atoms with E-state index in [1.54, 1.807) is 17.2 Å². The Morgan fingerprint density at radius 1 is 1.31 bits per heavy atom. The third-order valence-corrected chi connectivity index (χ3v) is 4.32. The lowest BCUT2D eigenvalue weighted by Crippen LogP contribution is -2.35. The number of benzene rings is 1. The average molecular weight is 357 g/mol. The number of carbonyl (C=O) groups excluding carboxylic acids is 2. The fourth-order valence-electron chi connectivity index (χ4n) is 3.07. The van der Waals surface area contributed by atoms with Gasteiger partial charge in [-0.15, -0.1) is 0 Å². The lowest BCUT2D eigenvalue weighted by Gasteiger charge is -2.28. The Kier molecular flexibility index (Phi) is 5.78. The molecule has 0 saturated heterocycles. The minimum atomic E-state index is -0.360. The van der Waals surface area contributed by atoms with Crippen molar-refractivity contribution in [1.29, 1.82) is 0 Å². The summed E-state index contributed by atoms with van der Waals surface area (Å²) in [5.74, 6) is 0.914. The number of furan rings is 1. The molecule has 26 heavy (non-hydrogen) atoms. The number of nitrogens with zero attached hydrogens (tertiary/aromatic N) is 1. The molecular formula is C19H23N3O4. The molecule has 138 valence electrons. The Labute approximate surface area is 152 Å². The lowest BCUT2D eigenvalue weighted by atomic mass is 10.0. The number of hydrogen-bond acceptors (Lipinski definition) is 4. The molecule has 0 unspecified atom stereocenters. The van der Waals surface area contributed by atoms with Crippen molar-refractivity contribution in [3.05, 3.63) is 47.9 Å². The minimum Gasteiger partial charge on any atom is -0.469 e. The van der Waals surface area contributed by atoms with Crippen molar-refractivity contribution in [2.75, 3.05) is 30.4 Å². The molecule has 0 saturated carbocycles. The molecule has 0 fully saturated rings. The van der Waals surface area contributed by atoms with Crippen molar-refractivity contribution in [1.82, 2.24) is 5.32 Å². The standard InChI is InChI=1S/C19H23N3O4/c1-25-19(24)22-11-3-5-14-13-15(8-9-17(14)22)21-18(23)20-10-2-6-16-7-4-12-26-16/h4,7-9,12-13H,2-3,5-6,10-11H2,1H3,(H2,20,21,23). The number of hydrogen-bond donors (Lipinski definition) is 2. The predicted molar refractivity (Wildman–Crippen MR) is 98.6 cm³/mol. The monoisotopic (exact) mass is 357 g/mol. The highest BCUT2D eigenvalue weighted by molar-refractivity contribution is 5.92. The second kappa shape index (κ2) is 8.42. The first-order chi connectivity index (χ1) is 12.7. The molecule has 1 aliphatic heterocycles. The third-order valence-electron chi connectivity index (χ3n) is 4.32. The van der Waals surface area contributed by atoms with Crippen molar-refractivity contribution in [3.8, 4) is 0 Å². The molecule has 7 nitrogen and oxygen atoms in total. The summed E-state index contributed by atoms with van der Waals surface area (Å²) < 4.78 is 10.1. The van der Waals surface area contributed by atoms with Crippen LogP contribution in [0, 0.1) is 0 Å². The fourth-order valence-corrected chi connectivity index (χ4v) is 3.07. The molecule has 3 rings (SSSR count). The molecular weight excluding hydrogens is 334 g/mol. The highest BCUT2D eigenvalue weighted by Gasteiger charge is 2.23. The molecule has 1 aromatic carbocycles. The Morgan fingerprint density at radius 2 is 2.19 bits per heavy atom. The number of carbonyl (C=O) groups is 2. The van der Waals surface area contributed by atoms with Gasteiger partial charge in [-0.1, -0.05) is 0 Å². The van der Waals surface area contributed by atoms with Gasteiger partial charge in [0, 0.05) is 25.2 Å². The van der Waals surface area contributed by atoms with Crippen LogP contribution < -0.4 is 15.5 Å². The summed E-state index contributed by atoms with van der Waals surface area (Å²) in [4.78, 5) is 25.5. The van der Waals surface area contributed by atoms with Gasteiger partial charge in [-0.25, -0.2) is 9.59 Å². The number of fused-ring (bicyclic) bond motifs is 1. The van der Waals surface area contributed by atoms with E-state index in [1.807, 2.05) is 24.3 Å². The lowest BCUT2D eigenvalue weighted by molar-refractivity contribution is 0.178. The van der Waals surface area contributed by atoms with Crippen LogP contribution in [0.5, 0.6) is 0 Å². The predicted octanol–water partition coefficient (Wildman–Crippen LogP) is 3.55. The van der Waals surface area contributed by atoms with Gasteiger partial charge in [-0.2, -0.15) is 0 Å². The number of amides is 3. The molecule has 2 N–H and O–H groups in total. The number of aryl methyl sites for hydroxylation is 2. The van der Waals surface area contributed by atoms with E-state index in [0.717, 1.165) is 42.7 Å². The van der Waals surface area contributed by atoms with Crippen LogP contribution in [0.1, 0.15) is 24.2 Å². The van der Waals surface area contributed by atoms with Gasteiger partial charge in [0.25, 0.3) is 0 Å². The highest BCUT2D eigenvalue weighted by atomic mass is 16.5. The molecule has 2 aromatic rings. The Morgan fingerprint density at radius 3 is 2.96 bits per heavy atom. The van der Waals surface area contributed by atoms with E-state index < -0.39 is 0 Å². The first-order valence-corrected chi connectivity index (χ1v) is 8.73. The molecule has 3 amide bonds. The zero-order valence-electron chi connectivity index (χ0n) is 14.8. The second-order valence-electron chi connectivity index (χ2n) is 6.13. The number of urea groups is 1. The van der Waals surface area contributed by atoms with Crippen molar-refractivity contribution >= 4 is 23.5 Å². The van der Waals surface area contributed by atoms with Gasteiger partial charge < -0.3 is 19.8 Å². The van der Waals surface area contributed by atoms with Crippen LogP contribution in [0.4, 0.5) is 21.0 Å². The van der Waals surface area contributed by atoms with Gasteiger partial charge in [0.15, 0.2) is 0 Å². The zero-order valence-corrected chi connectivity index (χ0v) is 14.8. The molecule has 0 atom stereocenters. The van der Waals surface area contributed by atoms with Crippen LogP contribution in [-0.4, -0.2) is 32.3 Å². The smallest absolute Gasteiger partial charge is 0.414 e. The van der Waals surface area contributed by atoms with Crippen LogP contribution in [0.25, 0.3) is 0 Å². The molecule has 1 aliphatic rings. The van der Waals surface area contributed by atoms with Crippen LogP contribution in [-0.2, 0) is 17.6 Å². The summed E-state index contributed by atoms with van der Waals surface area (Å²) in [7, 11) is 1.38. The average Bonchev–Trinajstić information content (AvgIpc) is 3.17. The summed E-state index contributed by atoms with van der Waals surface area (Å²) in [6, 6.07) is 9.08. The van der Waals surface area contributed by atoms with Crippen LogP contribution >= 0.6 is 0 Å². The molecule has 0 bridgehead atoms. The quantitative estimate of drug-likeness (QED) is 0.802. The number of nitrogens with one attached hydrogen (secondary N) is 2. The van der Waals surface area contributed by atoms with Gasteiger partial charge in [-0.3, -0.25) is 4.90 Å². The fraction of sp³-hybridized carbons (Fsp3) is 0.368. The van der Waals surface area contributed by atoms with Gasteiger partial charge in [0.2, 0.25) is 0 Å². The van der Waals surface area contributed by atoms with Crippen molar-refractivity contribution < 1.29 is 18.7 Å². The summed E-state index contributed by atoms with van der Waals surface area (Å²) in [6.07, 6.45) is 4.61. The van der Waals surface area contributed by atoms with Crippen molar-refractivity contribution in [2.45, 2.75) is 25.7 Å². The van der Waals surface area contributed by atoms with E-state index >= 15 is 0 Å². The van der Waals surface area contributed by atoms with Gasteiger partial charge in [0.1, 0.15) is 5.76 Å². The van der Waals surface area contributed by atoms with Crippen LogP contribution in [0.15, 0.2) is 41.0 Å². The maximum absolute atomic E-state index is 12.0. The molecule has 7 heteroatoms. The van der Waals surface area contributed by atoms with Gasteiger partial charge >= 0.3 is 12.1 Å². The van der Waals surface area contributed by atoms with E-state index in [0.29, 0.717) is 18.8 Å². The summed E-state index contributed by atoms with van der Waals surface area (Å²) in [5, 5.41) is 5.67. The van der Waals surface area contributed by atoms with Gasteiger partial charge in [-0.05, 0) is 55.2 Å². The minimum absolute atomic E-state index is 0.245. The first kappa shape index (κ1) is 17.8.